The van der Waals surface area contributed by atoms with Gasteiger partial charge in [0.2, 0.25) is 0 Å². The van der Waals surface area contributed by atoms with Gasteiger partial charge in [0.05, 0.1) is 24.0 Å². The van der Waals surface area contributed by atoms with Crippen molar-refractivity contribution < 1.29 is 23.0 Å². The molecule has 9 heteroatoms. The zero-order chi connectivity index (χ0) is 19.6. The predicted molar refractivity (Wildman–Crippen MR) is 98.6 cm³/mol. The van der Waals surface area contributed by atoms with Crippen molar-refractivity contribution in [2.45, 2.75) is 6.61 Å². The Balaban J connectivity index is 1.90. The molecule has 140 valence electrons. The maximum absolute atomic E-state index is 12.5. The summed E-state index contributed by atoms with van der Waals surface area (Å²) >= 11 is 5.98. The topological polar surface area (TPSA) is 63.5 Å². The van der Waals surface area contributed by atoms with Gasteiger partial charge in [-0.05, 0) is 18.2 Å². The third-order valence-corrected chi connectivity index (χ3v) is 4.13. The quantitative estimate of drug-likeness (QED) is 0.574. The summed E-state index contributed by atoms with van der Waals surface area (Å²) in [7, 11) is 2.95. The second-order valence-electron chi connectivity index (χ2n) is 5.49. The van der Waals surface area contributed by atoms with Crippen molar-refractivity contribution in [2.75, 3.05) is 19.1 Å². The van der Waals surface area contributed by atoms with Gasteiger partial charge in [-0.3, -0.25) is 4.79 Å². The van der Waals surface area contributed by atoms with Crippen LogP contribution in [0.2, 0.25) is 5.02 Å². The molecule has 1 aliphatic rings. The fourth-order valence-electron chi connectivity index (χ4n) is 2.62. The van der Waals surface area contributed by atoms with Crippen LogP contribution in [0.15, 0.2) is 46.6 Å². The monoisotopic (exact) mass is 393 g/mol. The summed E-state index contributed by atoms with van der Waals surface area (Å²) in [5, 5.41) is 7.87. The number of benzene rings is 2. The van der Waals surface area contributed by atoms with E-state index in [1.165, 1.54) is 30.4 Å². The number of para-hydroxylation sites is 1. The number of rotatable bonds is 5. The van der Waals surface area contributed by atoms with Crippen LogP contribution in [0.3, 0.4) is 0 Å². The van der Waals surface area contributed by atoms with Crippen LogP contribution in [0.4, 0.5) is 14.5 Å². The molecule has 1 aliphatic heterocycles. The van der Waals surface area contributed by atoms with E-state index in [2.05, 4.69) is 14.9 Å². The Hall–Kier alpha value is -3.00. The lowest BCUT2D eigenvalue weighted by Crippen LogP contribution is -2.25. The molecule has 0 aromatic heterocycles. The molecule has 0 N–H and O–H groups in total. The molecule has 0 fully saturated rings. The number of methoxy groups -OCH3 is 1. The first-order valence-corrected chi connectivity index (χ1v) is 8.11. The third-order valence-electron chi connectivity index (χ3n) is 3.85. The van der Waals surface area contributed by atoms with E-state index in [0.717, 1.165) is 5.69 Å². The maximum atomic E-state index is 12.5. The SMILES string of the molecule is COc1cc(/C=N\N=C2/C(=O)N(C)c3ccccc32)cc(Cl)c1OC(F)F. The zero-order valence-corrected chi connectivity index (χ0v) is 15.1. The average Bonchev–Trinajstić information content (AvgIpc) is 2.88. The molecule has 6 nitrogen and oxygen atoms in total. The number of fused-ring (bicyclic) bond motifs is 1. The summed E-state index contributed by atoms with van der Waals surface area (Å²) < 4.78 is 34.3. The molecule has 0 saturated heterocycles. The summed E-state index contributed by atoms with van der Waals surface area (Å²) in [6, 6.07) is 10.0. The molecule has 0 unspecified atom stereocenters. The number of amides is 1. The lowest BCUT2D eigenvalue weighted by Gasteiger charge is -2.12. The minimum absolute atomic E-state index is 0.0268. The van der Waals surface area contributed by atoms with Gasteiger partial charge in [-0.15, -0.1) is 5.10 Å². The number of hydrogen-bond acceptors (Lipinski definition) is 5. The average molecular weight is 394 g/mol. The number of carbonyl (C=O) groups excluding carboxylic acids is 1. The van der Waals surface area contributed by atoms with Gasteiger partial charge in [0.1, 0.15) is 0 Å². The summed E-state index contributed by atoms with van der Waals surface area (Å²) in [6.45, 7) is -3.03. The van der Waals surface area contributed by atoms with Gasteiger partial charge in [0, 0.05) is 18.2 Å². The molecule has 0 spiro atoms. The first-order valence-electron chi connectivity index (χ1n) is 7.73. The largest absolute Gasteiger partial charge is 0.493 e. The molecule has 27 heavy (non-hydrogen) atoms. The molecule has 2 aromatic carbocycles. The molecule has 3 rings (SSSR count). The van der Waals surface area contributed by atoms with Crippen molar-refractivity contribution in [2.24, 2.45) is 10.2 Å². The molecule has 0 radical (unpaired) electrons. The van der Waals surface area contributed by atoms with Crippen LogP contribution in [-0.2, 0) is 4.79 Å². The first kappa shape index (κ1) is 18.8. The van der Waals surface area contributed by atoms with Gasteiger partial charge < -0.3 is 14.4 Å². The Kier molecular flexibility index (Phi) is 5.36. The summed E-state index contributed by atoms with van der Waals surface area (Å²) in [4.78, 5) is 13.8. The Morgan fingerprint density at radius 3 is 2.70 bits per heavy atom. The Bertz CT molecular complexity index is 947. The summed E-state index contributed by atoms with van der Waals surface area (Å²) in [6.07, 6.45) is 1.34. The van der Waals surface area contributed by atoms with E-state index in [9.17, 15) is 13.6 Å². The fraction of sp³-hybridized carbons (Fsp3) is 0.167. The molecule has 0 atom stereocenters. The van der Waals surface area contributed by atoms with Gasteiger partial charge in [0.15, 0.2) is 17.2 Å². The van der Waals surface area contributed by atoms with Gasteiger partial charge in [-0.2, -0.15) is 13.9 Å². The number of nitrogens with zero attached hydrogens (tertiary/aromatic N) is 3. The minimum Gasteiger partial charge on any atom is -0.493 e. The first-order chi connectivity index (χ1) is 12.9. The highest BCUT2D eigenvalue weighted by atomic mass is 35.5. The van der Waals surface area contributed by atoms with E-state index in [1.54, 1.807) is 19.2 Å². The molecular weight excluding hydrogens is 380 g/mol. The maximum Gasteiger partial charge on any atom is 0.387 e. The van der Waals surface area contributed by atoms with Crippen molar-refractivity contribution >= 4 is 35.1 Å². The standard InChI is InChI=1S/C18H14ClF2N3O3/c1-24-13-6-4-3-5-11(13)15(17(24)25)23-22-9-10-7-12(19)16(27-18(20)21)14(8-10)26-2/h3-9,18H,1-2H3/b22-9-,23-15-. The van der Waals surface area contributed by atoms with Crippen molar-refractivity contribution in [3.63, 3.8) is 0 Å². The van der Waals surface area contributed by atoms with Crippen LogP contribution in [-0.4, -0.2) is 38.6 Å². The number of carbonyl (C=O) groups is 1. The lowest BCUT2D eigenvalue weighted by atomic mass is 10.1. The van der Waals surface area contributed by atoms with Crippen LogP contribution >= 0.6 is 11.6 Å². The smallest absolute Gasteiger partial charge is 0.387 e. The summed E-state index contributed by atoms with van der Waals surface area (Å²) in [5.74, 6) is -0.511. The number of ether oxygens (including phenoxy) is 2. The normalized spacial score (nSPS) is 15.1. The van der Waals surface area contributed by atoms with E-state index in [4.69, 9.17) is 16.3 Å². The summed E-state index contributed by atoms with van der Waals surface area (Å²) in [5.41, 5.74) is 2.07. The number of halogens is 3. The predicted octanol–water partition coefficient (Wildman–Crippen LogP) is 3.75. The fourth-order valence-corrected chi connectivity index (χ4v) is 2.88. The Labute approximate surface area is 158 Å². The van der Waals surface area contributed by atoms with E-state index < -0.39 is 6.61 Å². The number of likely N-dealkylation sites (N-methyl/N-ethyl adjacent to an activating group) is 1. The zero-order valence-electron chi connectivity index (χ0n) is 14.3. The number of anilines is 1. The van der Waals surface area contributed by atoms with Crippen LogP contribution in [0.1, 0.15) is 11.1 Å². The van der Waals surface area contributed by atoms with E-state index in [0.29, 0.717) is 11.1 Å². The Morgan fingerprint density at radius 1 is 1.26 bits per heavy atom. The molecule has 2 aromatic rings. The van der Waals surface area contributed by atoms with Gasteiger partial charge >= 0.3 is 6.61 Å². The van der Waals surface area contributed by atoms with Crippen LogP contribution < -0.4 is 14.4 Å². The molecule has 0 aliphatic carbocycles. The van der Waals surface area contributed by atoms with Crippen LogP contribution in [0.5, 0.6) is 11.5 Å². The molecule has 1 heterocycles. The number of alkyl halides is 2. The lowest BCUT2D eigenvalue weighted by molar-refractivity contribution is -0.111. The van der Waals surface area contributed by atoms with E-state index >= 15 is 0 Å². The number of hydrogen-bond donors (Lipinski definition) is 0. The van der Waals surface area contributed by atoms with Crippen LogP contribution in [0, 0.1) is 0 Å². The van der Waals surface area contributed by atoms with Gasteiger partial charge in [-0.1, -0.05) is 29.8 Å². The highest BCUT2D eigenvalue weighted by Crippen LogP contribution is 2.37. The molecule has 0 bridgehead atoms. The highest BCUT2D eigenvalue weighted by molar-refractivity contribution is 6.54. The highest BCUT2D eigenvalue weighted by Gasteiger charge is 2.31. The molecule has 1 amide bonds. The third kappa shape index (κ3) is 3.75. The van der Waals surface area contributed by atoms with Gasteiger partial charge in [0.25, 0.3) is 5.91 Å². The van der Waals surface area contributed by atoms with E-state index in [-0.39, 0.29) is 28.1 Å². The second kappa shape index (κ2) is 7.71. The Morgan fingerprint density at radius 2 is 2.00 bits per heavy atom. The van der Waals surface area contributed by atoms with Crippen molar-refractivity contribution in [1.82, 2.24) is 0 Å². The van der Waals surface area contributed by atoms with Gasteiger partial charge in [-0.25, -0.2) is 0 Å². The molecule has 0 saturated carbocycles. The second-order valence-corrected chi connectivity index (χ2v) is 5.89. The van der Waals surface area contributed by atoms with Crippen molar-refractivity contribution in [1.29, 1.82) is 0 Å². The van der Waals surface area contributed by atoms with E-state index in [1.807, 2.05) is 12.1 Å². The van der Waals surface area contributed by atoms with Crippen molar-refractivity contribution in [3.8, 4) is 11.5 Å². The minimum atomic E-state index is -3.03. The van der Waals surface area contributed by atoms with Crippen LogP contribution in [0.25, 0.3) is 0 Å². The van der Waals surface area contributed by atoms with Crippen molar-refractivity contribution in [3.05, 3.63) is 52.5 Å². The molecular formula is C18H14ClF2N3O3.